The Labute approximate surface area is 116 Å². The number of hydrogen-bond donors (Lipinski definition) is 1. The summed E-state index contributed by atoms with van der Waals surface area (Å²) in [4.78, 5) is 0. The summed E-state index contributed by atoms with van der Waals surface area (Å²) in [5.41, 5.74) is 1.11. The monoisotopic (exact) mass is 271 g/mol. The number of unbranched alkanes of at least 4 members (excludes halogenated alkanes) is 1. The molecule has 0 aliphatic heterocycles. The molecule has 0 aliphatic rings. The summed E-state index contributed by atoms with van der Waals surface area (Å²) in [6, 6.07) is 2.31. The van der Waals surface area contributed by atoms with Crippen molar-refractivity contribution in [1.29, 1.82) is 0 Å². The quantitative estimate of drug-likeness (QED) is 0.669. The molecule has 0 bridgehead atoms. The summed E-state index contributed by atoms with van der Waals surface area (Å²) in [6.45, 7) is 7.62. The highest BCUT2D eigenvalue weighted by Crippen LogP contribution is 2.31. The van der Waals surface area contributed by atoms with E-state index in [1.54, 1.807) is 6.26 Å². The van der Waals surface area contributed by atoms with Crippen LogP contribution in [0.15, 0.2) is 16.7 Å². The summed E-state index contributed by atoms with van der Waals surface area (Å²) in [6.07, 6.45) is 7.95. The van der Waals surface area contributed by atoms with Gasteiger partial charge in [-0.2, -0.15) is 0 Å². The van der Waals surface area contributed by atoms with Crippen molar-refractivity contribution in [2.45, 2.75) is 58.9 Å². The van der Waals surface area contributed by atoms with E-state index in [1.807, 2.05) is 6.07 Å². The first-order valence-electron chi connectivity index (χ1n) is 7.19. The molecule has 0 radical (unpaired) electrons. The van der Waals surface area contributed by atoms with Gasteiger partial charge < -0.3 is 9.73 Å². The van der Waals surface area contributed by atoms with E-state index in [0.29, 0.717) is 11.3 Å². The molecule has 1 aromatic rings. The van der Waals surface area contributed by atoms with Crippen LogP contribution in [0.5, 0.6) is 0 Å². The molecule has 1 N–H and O–H groups in total. The van der Waals surface area contributed by atoms with Gasteiger partial charge in [-0.05, 0) is 36.6 Å². The van der Waals surface area contributed by atoms with Crippen LogP contribution < -0.4 is 5.32 Å². The van der Waals surface area contributed by atoms with Crippen LogP contribution in [0.4, 0.5) is 0 Å². The molecule has 0 saturated heterocycles. The predicted molar refractivity (Wildman–Crippen MR) is 78.1 cm³/mol. The number of furan rings is 1. The summed E-state index contributed by atoms with van der Waals surface area (Å²) in [5, 5.41) is 4.06. The maximum absolute atomic E-state index is 6.09. The van der Waals surface area contributed by atoms with Crippen LogP contribution in [0.25, 0.3) is 0 Å². The molecule has 2 unspecified atom stereocenters. The van der Waals surface area contributed by atoms with Crippen LogP contribution in [0.2, 0.25) is 5.22 Å². The van der Waals surface area contributed by atoms with Gasteiger partial charge in [-0.1, -0.05) is 46.5 Å². The predicted octanol–water partition coefficient (Wildman–Crippen LogP) is 5.19. The minimum absolute atomic E-state index is 0.322. The van der Waals surface area contributed by atoms with Crippen LogP contribution in [-0.4, -0.2) is 6.54 Å². The van der Waals surface area contributed by atoms with Gasteiger partial charge in [0, 0.05) is 11.6 Å². The van der Waals surface area contributed by atoms with Crippen LogP contribution >= 0.6 is 11.6 Å². The molecule has 104 valence electrons. The molecule has 2 nitrogen and oxygen atoms in total. The van der Waals surface area contributed by atoms with Crippen LogP contribution in [0, 0.1) is 5.92 Å². The molecule has 0 aliphatic carbocycles. The molecule has 0 saturated carbocycles. The Morgan fingerprint density at radius 2 is 2.11 bits per heavy atom. The van der Waals surface area contributed by atoms with E-state index in [-0.39, 0.29) is 0 Å². The van der Waals surface area contributed by atoms with Crippen molar-refractivity contribution >= 4 is 11.6 Å². The van der Waals surface area contributed by atoms with Gasteiger partial charge >= 0.3 is 0 Å². The first-order valence-corrected chi connectivity index (χ1v) is 7.56. The highest BCUT2D eigenvalue weighted by Gasteiger charge is 2.19. The average molecular weight is 272 g/mol. The summed E-state index contributed by atoms with van der Waals surface area (Å²) >= 11 is 6.09. The molecule has 0 fully saturated rings. The first-order chi connectivity index (χ1) is 8.72. The fourth-order valence-corrected chi connectivity index (χ4v) is 2.68. The smallest absolute Gasteiger partial charge is 0.197 e. The minimum atomic E-state index is 0.322. The highest BCUT2D eigenvalue weighted by molar-refractivity contribution is 6.29. The second kappa shape index (κ2) is 8.60. The zero-order chi connectivity index (χ0) is 13.4. The van der Waals surface area contributed by atoms with Gasteiger partial charge in [0.1, 0.15) is 0 Å². The minimum Gasteiger partial charge on any atom is -0.453 e. The molecule has 18 heavy (non-hydrogen) atoms. The number of halogens is 1. The summed E-state index contributed by atoms with van der Waals surface area (Å²) in [7, 11) is 0. The summed E-state index contributed by atoms with van der Waals surface area (Å²) in [5.74, 6) is 0.764. The molecule has 2 atom stereocenters. The topological polar surface area (TPSA) is 25.2 Å². The molecule has 1 aromatic heterocycles. The van der Waals surface area contributed by atoms with Crippen molar-refractivity contribution in [2.24, 2.45) is 5.92 Å². The third kappa shape index (κ3) is 4.66. The Bertz CT molecular complexity index is 324. The van der Waals surface area contributed by atoms with Gasteiger partial charge in [0.2, 0.25) is 0 Å². The highest BCUT2D eigenvalue weighted by atomic mass is 35.5. The number of nitrogens with one attached hydrogen (secondary N) is 1. The SMILES string of the molecule is CCCCC(CC)CC(NCC)c1ccoc1Cl. The third-order valence-corrected chi connectivity index (χ3v) is 3.89. The van der Waals surface area contributed by atoms with E-state index < -0.39 is 0 Å². The normalized spacial score (nSPS) is 14.7. The fraction of sp³-hybridized carbons (Fsp3) is 0.733. The van der Waals surface area contributed by atoms with Gasteiger partial charge in [-0.3, -0.25) is 0 Å². The Kier molecular flexibility index (Phi) is 7.45. The molecule has 3 heteroatoms. The largest absolute Gasteiger partial charge is 0.453 e. The lowest BCUT2D eigenvalue weighted by Gasteiger charge is -2.23. The standard InChI is InChI=1S/C15H26ClNO/c1-4-7-8-12(5-2)11-14(17-6-3)13-9-10-18-15(13)16/h9-10,12,14,17H,4-8,11H2,1-3H3. The fourth-order valence-electron chi connectivity index (χ4n) is 2.44. The van der Waals surface area contributed by atoms with Gasteiger partial charge in [-0.15, -0.1) is 0 Å². The van der Waals surface area contributed by atoms with E-state index >= 15 is 0 Å². The van der Waals surface area contributed by atoms with E-state index in [9.17, 15) is 0 Å². The van der Waals surface area contributed by atoms with E-state index in [1.165, 1.54) is 25.7 Å². The van der Waals surface area contributed by atoms with Crippen molar-refractivity contribution < 1.29 is 4.42 Å². The van der Waals surface area contributed by atoms with Crippen molar-refractivity contribution in [3.05, 3.63) is 23.1 Å². The number of rotatable bonds is 9. The van der Waals surface area contributed by atoms with E-state index in [2.05, 4.69) is 26.1 Å². The molecule has 1 rings (SSSR count). The lowest BCUT2D eigenvalue weighted by molar-refractivity contribution is 0.355. The molecule has 0 spiro atoms. The maximum Gasteiger partial charge on any atom is 0.197 e. The van der Waals surface area contributed by atoms with Crippen LogP contribution in [0.3, 0.4) is 0 Å². The van der Waals surface area contributed by atoms with Crippen molar-refractivity contribution in [3.8, 4) is 0 Å². The van der Waals surface area contributed by atoms with Crippen LogP contribution in [0.1, 0.15) is 64.5 Å². The Morgan fingerprint density at radius 1 is 1.33 bits per heavy atom. The second-order valence-electron chi connectivity index (χ2n) is 4.91. The number of hydrogen-bond acceptors (Lipinski definition) is 2. The van der Waals surface area contributed by atoms with Crippen molar-refractivity contribution in [1.82, 2.24) is 5.32 Å². The van der Waals surface area contributed by atoms with Crippen molar-refractivity contribution in [3.63, 3.8) is 0 Å². The molecule has 0 amide bonds. The van der Waals surface area contributed by atoms with Crippen LogP contribution in [-0.2, 0) is 0 Å². The van der Waals surface area contributed by atoms with Gasteiger partial charge in [0.15, 0.2) is 5.22 Å². The average Bonchev–Trinajstić information content (AvgIpc) is 2.79. The lowest BCUT2D eigenvalue weighted by atomic mass is 9.90. The Morgan fingerprint density at radius 3 is 2.61 bits per heavy atom. The molecule has 1 heterocycles. The van der Waals surface area contributed by atoms with Gasteiger partial charge in [0.25, 0.3) is 0 Å². The van der Waals surface area contributed by atoms with Gasteiger partial charge in [-0.25, -0.2) is 0 Å². The van der Waals surface area contributed by atoms with E-state index in [4.69, 9.17) is 16.0 Å². The zero-order valence-electron chi connectivity index (χ0n) is 11.8. The second-order valence-corrected chi connectivity index (χ2v) is 5.26. The summed E-state index contributed by atoms with van der Waals surface area (Å²) < 4.78 is 5.21. The molecule has 0 aromatic carbocycles. The van der Waals surface area contributed by atoms with E-state index in [0.717, 1.165) is 24.4 Å². The van der Waals surface area contributed by atoms with Crippen molar-refractivity contribution in [2.75, 3.05) is 6.54 Å². The molecular formula is C15H26ClNO. The third-order valence-electron chi connectivity index (χ3n) is 3.58. The lowest BCUT2D eigenvalue weighted by Crippen LogP contribution is -2.23. The maximum atomic E-state index is 6.09. The Balaban J connectivity index is 2.64. The zero-order valence-corrected chi connectivity index (χ0v) is 12.6. The first kappa shape index (κ1) is 15.6. The Hall–Kier alpha value is -0.470. The molecular weight excluding hydrogens is 246 g/mol. The van der Waals surface area contributed by atoms with Gasteiger partial charge in [0.05, 0.1) is 6.26 Å².